The van der Waals surface area contributed by atoms with Crippen LogP contribution in [0.4, 0.5) is 0 Å². The number of aliphatic imine (C=N–C) groups is 2. The molecule has 8 aliphatic carbocycles. The third kappa shape index (κ3) is 5.85. The molecule has 0 aromatic carbocycles. The summed E-state index contributed by atoms with van der Waals surface area (Å²) in [7, 11) is 0. The maximum atomic E-state index is 7.03. The molecule has 298 valence electrons. The van der Waals surface area contributed by atoms with Gasteiger partial charge in [0.2, 0.25) is 0 Å². The first-order valence-corrected chi connectivity index (χ1v) is 23.1. The average Bonchev–Trinajstić information content (AvgIpc) is 3.96. The van der Waals surface area contributed by atoms with Crippen molar-refractivity contribution in [3.8, 4) is 0 Å². The number of hydrogen-bond acceptors (Lipinski definition) is 6. The third-order valence-corrected chi connectivity index (χ3v) is 15.7. The summed E-state index contributed by atoms with van der Waals surface area (Å²) in [4.78, 5) is 13.6. The zero-order valence-electron chi connectivity index (χ0n) is 34.2. The molecule has 0 saturated carbocycles. The quantitative estimate of drug-likeness (QED) is 0.303. The van der Waals surface area contributed by atoms with Crippen LogP contribution in [0.1, 0.15) is 126 Å². The third-order valence-electron chi connectivity index (χ3n) is 15.7. The second kappa shape index (κ2) is 14.3. The molecule has 0 radical (unpaired) electrons. The number of furan rings is 1. The molecule has 1 saturated heterocycles. The number of amidine groups is 2. The van der Waals surface area contributed by atoms with Crippen LogP contribution >= 0.6 is 0 Å². The molecule has 1 N–H and O–H groups in total. The summed E-state index contributed by atoms with van der Waals surface area (Å²) in [5, 5.41) is 3.79. The molecule has 1 aromatic rings. The van der Waals surface area contributed by atoms with Crippen molar-refractivity contribution in [2.24, 2.45) is 33.7 Å². The van der Waals surface area contributed by atoms with Crippen LogP contribution < -0.4 is 5.32 Å². The number of nitrogens with one attached hydrogen (secondary N) is 1. The fraction of sp³-hybridized carbons (Fsp3) is 0.500. The predicted molar refractivity (Wildman–Crippen MR) is 234 cm³/mol. The second-order valence-electron chi connectivity index (χ2n) is 18.9. The van der Waals surface area contributed by atoms with Crippen LogP contribution in [0.3, 0.4) is 0 Å². The van der Waals surface area contributed by atoms with Gasteiger partial charge in [-0.25, -0.2) is 9.98 Å². The SMILES string of the molecule is CC1Cc2c(oc3c2C=C(N2C4C=CCCC4C4CCC5=C(OC6CCC=CC56)C42)CC3)C=C1C1=NC(C2=CC=CCC2)NC(C2=CC=C(C3=CCCCC3)CC2)=N1. The largest absolute Gasteiger partial charge is 0.492 e. The highest BCUT2D eigenvalue weighted by Crippen LogP contribution is 2.56. The summed E-state index contributed by atoms with van der Waals surface area (Å²) < 4.78 is 13.9. The summed E-state index contributed by atoms with van der Waals surface area (Å²) >= 11 is 0. The molecule has 58 heavy (non-hydrogen) atoms. The molecule has 0 amide bonds. The topological polar surface area (TPSA) is 62.4 Å². The van der Waals surface area contributed by atoms with E-state index in [-0.39, 0.29) is 12.1 Å². The monoisotopic (exact) mass is 770 g/mol. The summed E-state index contributed by atoms with van der Waals surface area (Å²) in [5.41, 5.74) is 12.7. The van der Waals surface area contributed by atoms with Gasteiger partial charge in [-0.15, -0.1) is 0 Å². The lowest BCUT2D eigenvalue weighted by Crippen LogP contribution is -2.41. The highest BCUT2D eigenvalue weighted by Gasteiger charge is 2.56. The van der Waals surface area contributed by atoms with Crippen LogP contribution in [0.2, 0.25) is 0 Å². The van der Waals surface area contributed by atoms with E-state index in [4.69, 9.17) is 19.1 Å². The molecule has 4 heterocycles. The number of nitrogens with zero attached hydrogens (tertiary/aromatic N) is 3. The van der Waals surface area contributed by atoms with E-state index < -0.39 is 0 Å². The van der Waals surface area contributed by atoms with Gasteiger partial charge in [0, 0.05) is 34.7 Å². The number of hydrogen-bond donors (Lipinski definition) is 1. The van der Waals surface area contributed by atoms with Crippen LogP contribution in [0.5, 0.6) is 0 Å². The van der Waals surface area contributed by atoms with Gasteiger partial charge in [-0.05, 0) is 161 Å². The van der Waals surface area contributed by atoms with Crippen LogP contribution in [0, 0.1) is 23.7 Å². The Morgan fingerprint density at radius 1 is 0.793 bits per heavy atom. The summed E-state index contributed by atoms with van der Waals surface area (Å²) in [6.07, 6.45) is 48.3. The molecule has 0 bridgehead atoms. The molecule has 1 fully saturated rings. The van der Waals surface area contributed by atoms with Crippen LogP contribution in [0.25, 0.3) is 12.2 Å². The van der Waals surface area contributed by atoms with Crippen LogP contribution in [-0.4, -0.2) is 40.9 Å². The highest BCUT2D eigenvalue weighted by molar-refractivity contribution is 6.15. The molecule has 6 heteroatoms. The molecule has 11 aliphatic rings. The molecule has 6 nitrogen and oxygen atoms in total. The van der Waals surface area contributed by atoms with Gasteiger partial charge in [0.25, 0.3) is 0 Å². The summed E-state index contributed by atoms with van der Waals surface area (Å²) in [6, 6.07) is 0.816. The Hall–Kier alpha value is -4.58. The van der Waals surface area contributed by atoms with E-state index >= 15 is 0 Å². The smallest absolute Gasteiger partial charge is 0.155 e. The molecular formula is C52H58N4O2. The van der Waals surface area contributed by atoms with Crippen molar-refractivity contribution in [3.63, 3.8) is 0 Å². The first kappa shape index (κ1) is 35.4. The van der Waals surface area contributed by atoms with Gasteiger partial charge in [0.1, 0.15) is 35.4 Å². The standard InChI is InChI=1S/C52H58N4O2/c1-31-28-42-43-29-36(56-44-18-10-8-16-37(44)39-25-26-40-38-17-9-11-19-45(38)58-49(40)48(39)56)24-27-46(43)57-47(42)30-41(31)52-54-50(34-14-6-3-7-15-34)53-51(55-52)35-22-20-33(21-23-35)32-12-4-2-5-13-32/h3,6,9-10,12,14,17-18,20,22,29-31,37-39,44-45,48,50H,2,4-5,7-8,11,13,15-16,19,21,23-28H2,1H3,(H,53,54,55). The number of allylic oxidation sites excluding steroid dienone is 11. The van der Waals surface area contributed by atoms with E-state index in [2.05, 4.69) is 90.1 Å². The molecule has 12 rings (SSSR count). The lowest BCUT2D eigenvalue weighted by atomic mass is 9.73. The zero-order chi connectivity index (χ0) is 38.3. The second-order valence-corrected chi connectivity index (χ2v) is 18.9. The number of aryl methyl sites for hydroxylation is 1. The Bertz CT molecular complexity index is 2310. The Morgan fingerprint density at radius 2 is 1.71 bits per heavy atom. The Kier molecular flexibility index (Phi) is 8.73. The lowest BCUT2D eigenvalue weighted by molar-refractivity contribution is 0.0776. The normalized spacial score (nSPS) is 34.6. The summed E-state index contributed by atoms with van der Waals surface area (Å²) in [5.74, 6) is 7.52. The fourth-order valence-electron chi connectivity index (χ4n) is 12.8. The summed E-state index contributed by atoms with van der Waals surface area (Å²) in [6.45, 7) is 2.37. The zero-order valence-corrected chi connectivity index (χ0v) is 34.2. The van der Waals surface area contributed by atoms with Gasteiger partial charge in [-0.1, -0.05) is 67.7 Å². The van der Waals surface area contributed by atoms with Crippen molar-refractivity contribution in [2.45, 2.75) is 140 Å². The predicted octanol–water partition coefficient (Wildman–Crippen LogP) is 11.3. The number of fused-ring (bicyclic) bond motifs is 9. The first-order chi connectivity index (χ1) is 28.6. The molecule has 1 aromatic heterocycles. The first-order valence-electron chi connectivity index (χ1n) is 23.1. The highest BCUT2D eigenvalue weighted by atomic mass is 16.5. The average molecular weight is 771 g/mol. The lowest BCUT2D eigenvalue weighted by Gasteiger charge is -2.38. The Morgan fingerprint density at radius 3 is 2.59 bits per heavy atom. The van der Waals surface area contributed by atoms with E-state index in [9.17, 15) is 0 Å². The van der Waals surface area contributed by atoms with Crippen molar-refractivity contribution in [1.29, 1.82) is 0 Å². The van der Waals surface area contributed by atoms with Gasteiger partial charge in [0.05, 0.1) is 12.1 Å². The van der Waals surface area contributed by atoms with Gasteiger partial charge in [-0.2, -0.15) is 0 Å². The minimum atomic E-state index is -0.106. The van der Waals surface area contributed by atoms with Gasteiger partial charge >= 0.3 is 0 Å². The minimum absolute atomic E-state index is 0.106. The van der Waals surface area contributed by atoms with Crippen molar-refractivity contribution in [1.82, 2.24) is 10.2 Å². The number of ether oxygens (including phenoxy) is 1. The molecule has 0 spiro atoms. The maximum Gasteiger partial charge on any atom is 0.155 e. The van der Waals surface area contributed by atoms with E-state index in [1.54, 1.807) is 11.1 Å². The van der Waals surface area contributed by atoms with Crippen molar-refractivity contribution in [2.75, 3.05) is 0 Å². The van der Waals surface area contributed by atoms with Gasteiger partial charge in [-0.3, -0.25) is 0 Å². The van der Waals surface area contributed by atoms with Crippen molar-refractivity contribution >= 4 is 23.8 Å². The van der Waals surface area contributed by atoms with E-state index in [0.717, 1.165) is 81.0 Å². The molecule has 3 aliphatic heterocycles. The van der Waals surface area contributed by atoms with E-state index in [0.29, 0.717) is 35.9 Å². The van der Waals surface area contributed by atoms with Crippen LogP contribution in [0.15, 0.2) is 120 Å². The van der Waals surface area contributed by atoms with Crippen LogP contribution in [-0.2, 0) is 17.6 Å². The minimum Gasteiger partial charge on any atom is -0.492 e. The molecular weight excluding hydrogens is 713 g/mol. The van der Waals surface area contributed by atoms with Crippen molar-refractivity contribution < 1.29 is 9.15 Å². The van der Waals surface area contributed by atoms with E-state index in [1.807, 2.05) is 0 Å². The maximum absolute atomic E-state index is 7.03. The fourth-order valence-corrected chi connectivity index (χ4v) is 12.8. The van der Waals surface area contributed by atoms with Gasteiger partial charge in [0.15, 0.2) is 5.84 Å². The molecule has 8 unspecified atom stereocenters. The number of rotatable bonds is 5. The molecule has 8 atom stereocenters. The Balaban J connectivity index is 0.886. The van der Waals surface area contributed by atoms with E-state index in [1.165, 1.54) is 96.2 Å². The Labute approximate surface area is 344 Å². The van der Waals surface area contributed by atoms with Crippen molar-refractivity contribution in [3.05, 3.63) is 128 Å². The number of likely N-dealkylation sites (tertiary alicyclic amines) is 1. The van der Waals surface area contributed by atoms with Gasteiger partial charge < -0.3 is 19.4 Å².